The molecule has 146 valence electrons. The summed E-state index contributed by atoms with van der Waals surface area (Å²) in [4.78, 5) is 41.2. The molecule has 3 rings (SSSR count). The third-order valence-electron chi connectivity index (χ3n) is 4.98. The Bertz CT molecular complexity index is 1180. The van der Waals surface area contributed by atoms with Crippen LogP contribution in [0.5, 0.6) is 0 Å². The summed E-state index contributed by atoms with van der Waals surface area (Å²) in [5, 5.41) is 0.106. The summed E-state index contributed by atoms with van der Waals surface area (Å²) in [6.45, 7) is 8.74. The molecule has 28 heavy (non-hydrogen) atoms. The fourth-order valence-electron chi connectivity index (χ4n) is 3.63. The van der Waals surface area contributed by atoms with E-state index in [4.69, 9.17) is 9.15 Å². The molecule has 0 aliphatic carbocycles. The van der Waals surface area contributed by atoms with E-state index in [0.29, 0.717) is 5.56 Å². The Morgan fingerprint density at radius 2 is 1.82 bits per heavy atom. The monoisotopic (exact) mass is 382 g/mol. The van der Waals surface area contributed by atoms with Crippen LogP contribution in [-0.2, 0) is 18.4 Å². The van der Waals surface area contributed by atoms with Crippen molar-refractivity contribution in [2.24, 2.45) is 7.05 Å². The van der Waals surface area contributed by atoms with Crippen LogP contribution in [0.25, 0.3) is 11.1 Å². The molecule has 0 N–H and O–H groups in total. The second kappa shape index (κ2) is 7.07. The third kappa shape index (κ3) is 3.13. The van der Waals surface area contributed by atoms with Gasteiger partial charge in [0.05, 0.1) is 0 Å². The summed E-state index contributed by atoms with van der Waals surface area (Å²) in [6, 6.07) is 1.91. The van der Waals surface area contributed by atoms with E-state index >= 15 is 0 Å². The summed E-state index contributed by atoms with van der Waals surface area (Å²) in [7, 11) is 1.55. The molecule has 0 bridgehead atoms. The molecule has 0 saturated heterocycles. The molecule has 2 aromatic heterocycles. The average molecular weight is 382 g/mol. The zero-order valence-electron chi connectivity index (χ0n) is 16.8. The van der Waals surface area contributed by atoms with Gasteiger partial charge in [-0.25, -0.2) is 9.78 Å². The Balaban J connectivity index is 1.99. The molecule has 0 aliphatic rings. The quantitative estimate of drug-likeness (QED) is 0.508. The van der Waals surface area contributed by atoms with Gasteiger partial charge in [0.15, 0.2) is 5.78 Å². The van der Waals surface area contributed by atoms with Crippen LogP contribution in [0.15, 0.2) is 21.6 Å². The SMILES string of the molecule is CC(=O)c1c(C)cc(C)c(COC(=O)c2c(C)oc3ncn(C)c(=O)c23)c1C. The van der Waals surface area contributed by atoms with Crippen molar-refractivity contribution in [1.82, 2.24) is 9.55 Å². The number of fused-ring (bicyclic) bond motifs is 1. The first-order valence-corrected chi connectivity index (χ1v) is 8.86. The van der Waals surface area contributed by atoms with Crippen molar-refractivity contribution in [2.45, 2.75) is 41.2 Å². The predicted octanol–water partition coefficient (Wildman–Crippen LogP) is 3.32. The molecule has 0 amide bonds. The molecule has 0 spiro atoms. The molecular formula is C21H22N2O5. The zero-order chi connectivity index (χ0) is 20.7. The molecule has 0 fully saturated rings. The van der Waals surface area contributed by atoms with Crippen LogP contribution in [0, 0.1) is 27.7 Å². The fraction of sp³-hybridized carbons (Fsp3) is 0.333. The summed E-state index contributed by atoms with van der Waals surface area (Å²) < 4.78 is 12.2. The van der Waals surface area contributed by atoms with Crippen molar-refractivity contribution in [3.63, 3.8) is 0 Å². The topological polar surface area (TPSA) is 91.4 Å². The second-order valence-corrected chi connectivity index (χ2v) is 7.00. The van der Waals surface area contributed by atoms with Crippen molar-refractivity contribution in [3.8, 4) is 0 Å². The number of carbonyl (C=O) groups excluding carboxylic acids is 2. The summed E-state index contributed by atoms with van der Waals surface area (Å²) in [5.41, 5.74) is 3.84. The van der Waals surface area contributed by atoms with E-state index in [1.807, 2.05) is 26.8 Å². The molecule has 2 heterocycles. The number of esters is 1. The van der Waals surface area contributed by atoms with Gasteiger partial charge in [-0.3, -0.25) is 9.59 Å². The van der Waals surface area contributed by atoms with Crippen LogP contribution in [0.3, 0.4) is 0 Å². The van der Waals surface area contributed by atoms with E-state index in [2.05, 4.69) is 4.98 Å². The molecular weight excluding hydrogens is 360 g/mol. The van der Waals surface area contributed by atoms with Gasteiger partial charge in [0.25, 0.3) is 5.56 Å². The number of hydrogen-bond acceptors (Lipinski definition) is 6. The van der Waals surface area contributed by atoms with Crippen molar-refractivity contribution < 1.29 is 18.7 Å². The number of nitrogens with zero attached hydrogens (tertiary/aromatic N) is 2. The largest absolute Gasteiger partial charge is 0.457 e. The number of ether oxygens (including phenoxy) is 1. The smallest absolute Gasteiger partial charge is 0.342 e. The van der Waals surface area contributed by atoms with Crippen molar-refractivity contribution in [2.75, 3.05) is 0 Å². The van der Waals surface area contributed by atoms with Gasteiger partial charge in [0.1, 0.15) is 29.6 Å². The minimum Gasteiger partial charge on any atom is -0.457 e. The highest BCUT2D eigenvalue weighted by atomic mass is 16.5. The Hall–Kier alpha value is -3.22. The van der Waals surface area contributed by atoms with E-state index < -0.39 is 5.97 Å². The number of hydrogen-bond donors (Lipinski definition) is 0. The highest BCUT2D eigenvalue weighted by molar-refractivity contribution is 6.03. The van der Waals surface area contributed by atoms with Gasteiger partial charge >= 0.3 is 5.97 Å². The highest BCUT2D eigenvalue weighted by Crippen LogP contribution is 2.26. The fourth-order valence-corrected chi connectivity index (χ4v) is 3.63. The lowest BCUT2D eigenvalue weighted by atomic mass is 9.92. The average Bonchev–Trinajstić information content (AvgIpc) is 2.94. The van der Waals surface area contributed by atoms with Crippen LogP contribution < -0.4 is 5.56 Å². The summed E-state index contributed by atoms with van der Waals surface area (Å²) in [5.74, 6) is -0.420. The van der Waals surface area contributed by atoms with Gasteiger partial charge in [0, 0.05) is 12.6 Å². The molecule has 0 saturated carbocycles. The van der Waals surface area contributed by atoms with Crippen LogP contribution in [0.2, 0.25) is 0 Å². The lowest BCUT2D eigenvalue weighted by molar-refractivity contribution is 0.0471. The molecule has 0 aliphatic heterocycles. The molecule has 0 radical (unpaired) electrons. The second-order valence-electron chi connectivity index (χ2n) is 7.00. The predicted molar refractivity (Wildman–Crippen MR) is 104 cm³/mol. The third-order valence-corrected chi connectivity index (χ3v) is 4.98. The van der Waals surface area contributed by atoms with E-state index in [0.717, 1.165) is 22.3 Å². The zero-order valence-corrected chi connectivity index (χ0v) is 16.8. The van der Waals surface area contributed by atoms with Crippen molar-refractivity contribution in [3.05, 3.63) is 61.9 Å². The lowest BCUT2D eigenvalue weighted by Crippen LogP contribution is -2.19. The number of ketones is 1. The maximum Gasteiger partial charge on any atom is 0.342 e. The van der Waals surface area contributed by atoms with Crippen molar-refractivity contribution >= 4 is 22.9 Å². The number of furan rings is 1. The van der Waals surface area contributed by atoms with Crippen LogP contribution >= 0.6 is 0 Å². The number of carbonyl (C=O) groups is 2. The van der Waals surface area contributed by atoms with Crippen molar-refractivity contribution in [1.29, 1.82) is 0 Å². The first-order valence-electron chi connectivity index (χ1n) is 8.86. The van der Waals surface area contributed by atoms with Gasteiger partial charge in [-0.05, 0) is 56.9 Å². The molecule has 0 atom stereocenters. The Labute approximate surface area is 161 Å². The van der Waals surface area contributed by atoms with Crippen LogP contribution in [-0.4, -0.2) is 21.3 Å². The van der Waals surface area contributed by atoms with E-state index in [1.165, 1.54) is 17.8 Å². The number of benzene rings is 1. The molecule has 3 aromatic rings. The van der Waals surface area contributed by atoms with Gasteiger partial charge in [-0.1, -0.05) is 6.07 Å². The Morgan fingerprint density at radius 1 is 1.14 bits per heavy atom. The van der Waals surface area contributed by atoms with Gasteiger partial charge in [-0.15, -0.1) is 0 Å². The maximum absolute atomic E-state index is 12.8. The molecule has 7 heteroatoms. The molecule has 1 aromatic carbocycles. The maximum atomic E-state index is 12.8. The van der Waals surface area contributed by atoms with E-state index in [9.17, 15) is 14.4 Å². The van der Waals surface area contributed by atoms with E-state index in [-0.39, 0.29) is 40.4 Å². The van der Waals surface area contributed by atoms with Gasteiger partial charge in [-0.2, -0.15) is 0 Å². The normalized spacial score (nSPS) is 11.1. The van der Waals surface area contributed by atoms with Gasteiger partial charge < -0.3 is 13.7 Å². The summed E-state index contributed by atoms with van der Waals surface area (Å²) >= 11 is 0. The lowest BCUT2D eigenvalue weighted by Gasteiger charge is -2.16. The van der Waals surface area contributed by atoms with Crippen LogP contribution in [0.4, 0.5) is 0 Å². The number of Topliss-reactive ketones (excluding diaryl/α,β-unsaturated/α-hetero) is 1. The Kier molecular flexibility index (Phi) is 4.93. The molecule has 7 nitrogen and oxygen atoms in total. The first-order chi connectivity index (χ1) is 13.1. The molecule has 0 unspecified atom stereocenters. The highest BCUT2D eigenvalue weighted by Gasteiger charge is 2.24. The van der Waals surface area contributed by atoms with E-state index in [1.54, 1.807) is 14.0 Å². The van der Waals surface area contributed by atoms with Gasteiger partial charge in [0.2, 0.25) is 5.71 Å². The number of aromatic nitrogens is 2. The Morgan fingerprint density at radius 3 is 2.46 bits per heavy atom. The minimum absolute atomic E-state index is 0.0102. The standard InChI is InChI=1S/C21H22N2O5/c1-10-7-11(2)16(13(4)24)12(3)15(10)8-27-21(26)17-14(5)28-19-18(17)20(25)23(6)9-22-19/h7,9H,8H2,1-6H3. The number of aryl methyl sites for hydroxylation is 4. The van der Waals surface area contributed by atoms with Crippen LogP contribution in [0.1, 0.15) is 55.7 Å². The summed E-state index contributed by atoms with van der Waals surface area (Å²) in [6.07, 6.45) is 1.34. The minimum atomic E-state index is -0.662. The first kappa shape index (κ1) is 19.5. The number of rotatable bonds is 4.